The van der Waals surface area contributed by atoms with E-state index in [1.807, 2.05) is 0 Å². The first-order valence-corrected chi connectivity index (χ1v) is 18.6. The Bertz CT molecular complexity index is 2330. The van der Waals surface area contributed by atoms with Crippen LogP contribution in [0.5, 0.6) is 0 Å². The molecule has 0 aliphatic heterocycles. The minimum Gasteiger partial charge on any atom is -0.480 e. The van der Waals surface area contributed by atoms with Crippen LogP contribution < -0.4 is 0 Å². The molecule has 62 heavy (non-hydrogen) atoms. The molecule has 2 heterocycles. The molecular formula is C42H35EuN7O10S2+3. The number of rotatable bonds is 20. The molecule has 0 bridgehead atoms. The normalized spacial score (nSPS) is 10.2. The van der Waals surface area contributed by atoms with Gasteiger partial charge in [0.2, 0.25) is 0 Å². The molecule has 0 saturated heterocycles. The Morgan fingerprint density at radius 1 is 0.452 bits per heavy atom. The predicted molar refractivity (Wildman–Crippen MR) is 226 cm³/mol. The van der Waals surface area contributed by atoms with Gasteiger partial charge in [-0.15, -0.1) is 0 Å². The molecule has 0 unspecified atom stereocenters. The van der Waals surface area contributed by atoms with Crippen LogP contribution in [0.3, 0.4) is 0 Å². The van der Waals surface area contributed by atoms with Gasteiger partial charge in [0.1, 0.15) is 0 Å². The molecule has 0 aliphatic rings. The Labute approximate surface area is 406 Å². The van der Waals surface area contributed by atoms with Gasteiger partial charge in [0.15, 0.2) is 0 Å². The van der Waals surface area contributed by atoms with E-state index in [0.29, 0.717) is 45.0 Å². The topological polar surface area (TPSA) is 247 Å². The van der Waals surface area contributed by atoms with Crippen molar-refractivity contribution in [3.05, 3.63) is 118 Å². The number of hydrogen-bond acceptors (Lipinski definition) is 14. The van der Waals surface area contributed by atoms with Crippen molar-refractivity contribution in [3.8, 4) is 23.7 Å². The van der Waals surface area contributed by atoms with Gasteiger partial charge in [0.05, 0.1) is 77.2 Å². The third kappa shape index (κ3) is 18.9. The summed E-state index contributed by atoms with van der Waals surface area (Å²) in [5.41, 5.74) is 4.36. The van der Waals surface area contributed by atoms with Crippen LogP contribution in [0.4, 0.5) is 11.4 Å². The number of isothiocyanates is 2. The monoisotopic (exact) mass is 1010 g/mol. The van der Waals surface area contributed by atoms with Crippen LogP contribution in [0.2, 0.25) is 0 Å². The number of aromatic nitrogens is 2. The quantitative estimate of drug-likeness (QED) is 0.0480. The van der Waals surface area contributed by atoms with Gasteiger partial charge in [-0.1, -0.05) is 23.7 Å². The molecular weight excluding hydrogens is 979 g/mol. The second-order valence-electron chi connectivity index (χ2n) is 13.1. The molecule has 0 saturated carbocycles. The van der Waals surface area contributed by atoms with Crippen molar-refractivity contribution in [1.29, 1.82) is 0 Å². The zero-order valence-corrected chi connectivity index (χ0v) is 36.5. The van der Waals surface area contributed by atoms with Crippen LogP contribution in [0.25, 0.3) is 0 Å². The summed E-state index contributed by atoms with van der Waals surface area (Å²) in [5, 5.41) is 52.3. The van der Waals surface area contributed by atoms with Crippen LogP contribution in [0.1, 0.15) is 45.0 Å². The zero-order valence-electron chi connectivity index (χ0n) is 32.4. The number of hydrogen-bond donors (Lipinski definition) is 5. The Kier molecular flexibility index (Phi) is 21.2. The average molecular weight is 1010 g/mol. The Morgan fingerprint density at radius 2 is 0.710 bits per heavy atom. The Hall–Kier alpha value is -5.73. The van der Waals surface area contributed by atoms with Crippen LogP contribution in [0, 0.1) is 73.1 Å². The summed E-state index contributed by atoms with van der Waals surface area (Å²) in [6.07, 6.45) is 0. The third-order valence-corrected chi connectivity index (χ3v) is 8.17. The summed E-state index contributed by atoms with van der Waals surface area (Å²) in [4.78, 5) is 79.5. The molecule has 0 spiro atoms. The van der Waals surface area contributed by atoms with Crippen LogP contribution in [0.15, 0.2) is 82.8 Å². The number of carboxylic acids is 5. The molecule has 4 rings (SSSR count). The molecule has 0 aliphatic carbocycles. The van der Waals surface area contributed by atoms with E-state index in [-0.39, 0.29) is 86.9 Å². The minimum absolute atomic E-state index is 0. The summed E-state index contributed by atoms with van der Waals surface area (Å²) in [7, 11) is 0. The van der Waals surface area contributed by atoms with E-state index < -0.39 is 62.6 Å². The average Bonchev–Trinajstić information content (AvgIpc) is 3.16. The third-order valence-electron chi connectivity index (χ3n) is 7.99. The maximum atomic E-state index is 12.2. The zero-order chi connectivity index (χ0) is 44.3. The summed E-state index contributed by atoms with van der Waals surface area (Å²) in [6, 6.07) is 20.0. The summed E-state index contributed by atoms with van der Waals surface area (Å²) in [5.74, 6) is 5.90. The van der Waals surface area contributed by atoms with Crippen molar-refractivity contribution in [2.24, 2.45) is 9.98 Å². The van der Waals surface area contributed by atoms with Crippen LogP contribution >= 0.6 is 24.4 Å². The smallest absolute Gasteiger partial charge is 0.480 e. The van der Waals surface area contributed by atoms with Crippen molar-refractivity contribution in [3.63, 3.8) is 0 Å². The summed E-state index contributed by atoms with van der Waals surface area (Å²) in [6.45, 7) is -3.51. The van der Waals surface area contributed by atoms with Gasteiger partial charge in [-0.2, -0.15) is 9.98 Å². The fraction of sp³-hybridized carbons (Fsp3) is 0.214. The number of thiocarbonyl (C=S) groups is 2. The predicted octanol–water partition coefficient (Wildman–Crippen LogP) is 3.77. The molecule has 0 amide bonds. The Balaban J connectivity index is 0.0000102. The summed E-state index contributed by atoms with van der Waals surface area (Å²) < 4.78 is 0. The number of benzene rings is 2. The van der Waals surface area contributed by atoms with E-state index in [0.717, 1.165) is 9.80 Å². The van der Waals surface area contributed by atoms with E-state index in [4.69, 9.17) is 0 Å². The van der Waals surface area contributed by atoms with Crippen LogP contribution in [-0.2, 0) is 50.2 Å². The molecule has 4 aromatic rings. The molecule has 314 valence electrons. The molecule has 5 N–H and O–H groups in total. The standard InChI is InChI=1S/C42H35N7O10S2.Eu/c50-38(51)21-47(17-34-13-30(3-1-28-5-9-32(10-6-28)43-26-60)15-36(45-34)19-48(22-39(52)53)23-40(54)55)18-35-14-31(4-2-29-7-11-33(12-8-29)44-27-61)16-37(46-35)20-49(24-41(56)57)25-42(58)59;/h5-16H,17-25H2,(H,50,51)(H,52,53)(H,54,55)(H,56,57)(H,58,59);/q;+3. The van der Waals surface area contributed by atoms with Gasteiger partial charge in [-0.25, -0.2) is 0 Å². The number of aliphatic carboxylic acids is 5. The number of nitrogens with zero attached hydrogens (tertiary/aromatic N) is 7. The largest absolute Gasteiger partial charge is 3.00 e. The number of carboxylic acid groups (broad SMARTS) is 5. The number of aliphatic imine (C=N–C) groups is 2. The van der Waals surface area contributed by atoms with Crippen molar-refractivity contribution in [2.75, 3.05) is 32.7 Å². The number of pyridine rings is 2. The molecule has 20 heteroatoms. The SMILES string of the molecule is O=C(O)CN(CC(=O)O)Cc1cc(C#Cc2ccc(N=C=S)cc2)cc(CN(CC(=O)O)Cc2cc(C#Cc3ccc(N=C=S)cc3)cc(CN(CC(=O)O)CC(=O)O)n2)n1.[Eu+3]. The number of carbonyl (C=O) groups is 5. The van der Waals surface area contributed by atoms with E-state index >= 15 is 0 Å². The van der Waals surface area contributed by atoms with Crippen molar-refractivity contribution >= 4 is 76.0 Å². The van der Waals surface area contributed by atoms with Gasteiger partial charge >= 0.3 is 79.2 Å². The van der Waals surface area contributed by atoms with Gasteiger partial charge < -0.3 is 25.5 Å². The molecule has 17 nitrogen and oxygen atoms in total. The van der Waals surface area contributed by atoms with Crippen LogP contribution in [-0.4, -0.2) is 123 Å². The van der Waals surface area contributed by atoms with E-state index in [1.54, 1.807) is 72.8 Å². The molecule has 2 aromatic carbocycles. The fourth-order valence-electron chi connectivity index (χ4n) is 5.78. The second kappa shape index (κ2) is 25.9. The van der Waals surface area contributed by atoms with Gasteiger partial charge in [-0.05, 0) is 97.2 Å². The Morgan fingerprint density at radius 3 is 0.984 bits per heavy atom. The van der Waals surface area contributed by atoms with Crippen molar-refractivity contribution in [2.45, 2.75) is 26.2 Å². The maximum Gasteiger partial charge on any atom is 3.00 e. The van der Waals surface area contributed by atoms with E-state index in [1.165, 1.54) is 4.90 Å². The fourth-order valence-corrected chi connectivity index (χ4v) is 5.99. The van der Waals surface area contributed by atoms with Crippen molar-refractivity contribution < 1.29 is 98.9 Å². The molecule has 2 aromatic heterocycles. The minimum atomic E-state index is -1.26. The first-order valence-electron chi connectivity index (χ1n) is 17.8. The van der Waals surface area contributed by atoms with Gasteiger partial charge in [0.25, 0.3) is 0 Å². The molecule has 0 fully saturated rings. The van der Waals surface area contributed by atoms with Gasteiger partial charge in [-0.3, -0.25) is 48.6 Å². The van der Waals surface area contributed by atoms with E-state index in [9.17, 15) is 49.5 Å². The first-order chi connectivity index (χ1) is 29.2. The molecule has 0 radical (unpaired) electrons. The first kappa shape index (κ1) is 50.6. The molecule has 0 atom stereocenters. The van der Waals surface area contributed by atoms with Crippen molar-refractivity contribution in [1.82, 2.24) is 24.7 Å². The summed E-state index contributed by atoms with van der Waals surface area (Å²) >= 11 is 9.30. The van der Waals surface area contributed by atoms with Gasteiger partial charge in [0, 0.05) is 48.4 Å². The second-order valence-corrected chi connectivity index (χ2v) is 13.4. The maximum absolute atomic E-state index is 12.2. The van der Waals surface area contributed by atoms with E-state index in [2.05, 4.69) is 78.4 Å².